The molecule has 12 nitrogen and oxygen atoms in total. The second-order valence-electron chi connectivity index (χ2n) is 10.7. The number of nitrogens with one attached hydrogen (secondary N) is 1. The highest BCUT2D eigenvalue weighted by Crippen LogP contribution is 2.41. The lowest BCUT2D eigenvalue weighted by molar-refractivity contribution is -0.127. The number of ether oxygens (including phenoxy) is 1. The summed E-state index contributed by atoms with van der Waals surface area (Å²) in [4.78, 5) is 50.0. The van der Waals surface area contributed by atoms with Crippen molar-refractivity contribution in [1.29, 1.82) is 0 Å². The van der Waals surface area contributed by atoms with E-state index in [1.807, 2.05) is 4.90 Å². The van der Waals surface area contributed by atoms with E-state index in [0.29, 0.717) is 54.5 Å². The van der Waals surface area contributed by atoms with Crippen molar-refractivity contribution in [3.63, 3.8) is 0 Å². The molecule has 0 unspecified atom stereocenters. The molecule has 0 aliphatic carbocycles. The van der Waals surface area contributed by atoms with E-state index in [9.17, 15) is 14.4 Å². The first-order valence-electron chi connectivity index (χ1n) is 14.2. The fraction of sp³-hybridized carbons (Fsp3) is 0.536. The maximum Gasteiger partial charge on any atom is 0.350 e. The van der Waals surface area contributed by atoms with E-state index < -0.39 is 0 Å². The average molecular weight is 551 g/mol. The Morgan fingerprint density at radius 3 is 2.65 bits per heavy atom. The van der Waals surface area contributed by atoms with Crippen LogP contribution in [-0.2, 0) is 4.79 Å². The van der Waals surface area contributed by atoms with Gasteiger partial charge in [-0.15, -0.1) is 0 Å². The Morgan fingerprint density at radius 2 is 1.90 bits per heavy atom. The van der Waals surface area contributed by atoms with E-state index in [0.717, 1.165) is 64.7 Å². The van der Waals surface area contributed by atoms with Crippen LogP contribution in [0.2, 0.25) is 0 Å². The molecule has 0 spiro atoms. The van der Waals surface area contributed by atoms with Crippen molar-refractivity contribution < 1.29 is 14.3 Å². The Balaban J connectivity index is 1.15. The van der Waals surface area contributed by atoms with Gasteiger partial charge in [-0.25, -0.2) is 4.79 Å². The SMILES string of the molecule is NC(N)=NCCCN1CCC(n2cc3c(nc2=O)Nc2cc(C(=O)CCCCN4CCCC4=O)ccc2O3)CC1. The minimum absolute atomic E-state index is 0.0362. The quantitative estimate of drug-likeness (QED) is 0.141. The second-order valence-corrected chi connectivity index (χ2v) is 10.7. The Kier molecular flexibility index (Phi) is 8.63. The summed E-state index contributed by atoms with van der Waals surface area (Å²) in [6, 6.07) is 5.34. The number of guanidine groups is 1. The van der Waals surface area contributed by atoms with Crippen LogP contribution in [0, 0.1) is 0 Å². The molecule has 0 atom stereocenters. The number of likely N-dealkylation sites (tertiary alicyclic amines) is 2. The number of fused-ring (bicyclic) bond motifs is 2. The third kappa shape index (κ3) is 6.61. The highest BCUT2D eigenvalue weighted by atomic mass is 16.5. The third-order valence-corrected chi connectivity index (χ3v) is 7.82. The summed E-state index contributed by atoms with van der Waals surface area (Å²) in [5.41, 5.74) is 11.6. The van der Waals surface area contributed by atoms with Crippen LogP contribution in [0.3, 0.4) is 0 Å². The van der Waals surface area contributed by atoms with Crippen LogP contribution < -0.4 is 27.2 Å². The molecule has 5 rings (SSSR count). The molecule has 1 aromatic carbocycles. The van der Waals surface area contributed by atoms with Gasteiger partial charge in [0.2, 0.25) is 5.91 Å². The molecule has 2 fully saturated rings. The van der Waals surface area contributed by atoms with Crippen molar-refractivity contribution in [1.82, 2.24) is 19.4 Å². The first kappa shape index (κ1) is 27.6. The number of benzene rings is 1. The minimum atomic E-state index is -0.326. The van der Waals surface area contributed by atoms with Crippen LogP contribution in [0.1, 0.15) is 67.8 Å². The van der Waals surface area contributed by atoms with Gasteiger partial charge in [0.15, 0.2) is 29.1 Å². The third-order valence-electron chi connectivity index (χ3n) is 7.82. The van der Waals surface area contributed by atoms with Gasteiger partial charge in [0.05, 0.1) is 11.9 Å². The van der Waals surface area contributed by atoms with Crippen LogP contribution in [0.25, 0.3) is 0 Å². The topological polar surface area (TPSA) is 161 Å². The van der Waals surface area contributed by atoms with Crippen LogP contribution in [-0.4, -0.2) is 76.3 Å². The first-order chi connectivity index (χ1) is 19.4. The molecule has 214 valence electrons. The van der Waals surface area contributed by atoms with Gasteiger partial charge in [0.25, 0.3) is 0 Å². The van der Waals surface area contributed by atoms with Crippen molar-refractivity contribution in [2.45, 2.75) is 57.4 Å². The number of unbranched alkanes of at least 4 members (excludes halogenated alkanes) is 1. The average Bonchev–Trinajstić information content (AvgIpc) is 3.36. The predicted molar refractivity (Wildman–Crippen MR) is 152 cm³/mol. The number of carbonyl (C=O) groups excluding carboxylic acids is 2. The van der Waals surface area contributed by atoms with E-state index in [1.54, 1.807) is 29.0 Å². The van der Waals surface area contributed by atoms with Gasteiger partial charge < -0.3 is 31.3 Å². The van der Waals surface area contributed by atoms with Gasteiger partial charge in [-0.2, -0.15) is 4.98 Å². The molecule has 0 bridgehead atoms. The number of aromatic nitrogens is 2. The van der Waals surface area contributed by atoms with Crippen molar-refractivity contribution in [2.75, 3.05) is 44.6 Å². The van der Waals surface area contributed by atoms with E-state index in [1.165, 1.54) is 0 Å². The van der Waals surface area contributed by atoms with E-state index in [4.69, 9.17) is 16.2 Å². The summed E-state index contributed by atoms with van der Waals surface area (Å²) in [6.07, 6.45) is 7.82. The van der Waals surface area contributed by atoms with Gasteiger partial charge in [0, 0.05) is 57.2 Å². The number of nitrogens with zero attached hydrogens (tertiary/aromatic N) is 5. The molecular weight excluding hydrogens is 512 g/mol. The van der Waals surface area contributed by atoms with E-state index in [-0.39, 0.29) is 29.4 Å². The zero-order chi connectivity index (χ0) is 28.1. The number of hydrogen-bond donors (Lipinski definition) is 3. The van der Waals surface area contributed by atoms with Crippen LogP contribution in [0.5, 0.6) is 11.5 Å². The molecule has 40 heavy (non-hydrogen) atoms. The second kappa shape index (κ2) is 12.5. The fourth-order valence-electron chi connectivity index (χ4n) is 5.61. The summed E-state index contributed by atoms with van der Waals surface area (Å²) >= 11 is 0. The summed E-state index contributed by atoms with van der Waals surface area (Å²) in [7, 11) is 0. The fourth-order valence-corrected chi connectivity index (χ4v) is 5.61. The molecule has 2 saturated heterocycles. The zero-order valence-electron chi connectivity index (χ0n) is 22.8. The minimum Gasteiger partial charge on any atom is -0.450 e. The van der Waals surface area contributed by atoms with Gasteiger partial charge in [-0.1, -0.05) is 0 Å². The number of amides is 1. The van der Waals surface area contributed by atoms with Crippen LogP contribution >= 0.6 is 0 Å². The summed E-state index contributed by atoms with van der Waals surface area (Å²) in [5, 5.41) is 3.18. The molecule has 2 aromatic rings. The van der Waals surface area contributed by atoms with Crippen LogP contribution in [0.4, 0.5) is 11.5 Å². The predicted octanol–water partition coefficient (Wildman–Crippen LogP) is 2.37. The molecule has 12 heteroatoms. The molecule has 3 aliphatic heterocycles. The summed E-state index contributed by atoms with van der Waals surface area (Å²) in [5.74, 6) is 1.79. The lowest BCUT2D eigenvalue weighted by Crippen LogP contribution is -2.38. The Labute approximate surface area is 233 Å². The first-order valence-corrected chi connectivity index (χ1v) is 14.2. The van der Waals surface area contributed by atoms with Gasteiger partial charge in [-0.05, 0) is 63.3 Å². The molecule has 3 aliphatic rings. The zero-order valence-corrected chi connectivity index (χ0v) is 22.8. The lowest BCUT2D eigenvalue weighted by Gasteiger charge is -2.33. The molecule has 1 amide bonds. The van der Waals surface area contributed by atoms with E-state index >= 15 is 0 Å². The smallest absolute Gasteiger partial charge is 0.350 e. The number of Topliss-reactive ketones (excluding diaryl/α,β-unsaturated/α-hetero) is 1. The number of nitrogens with two attached hydrogens (primary N) is 2. The Bertz CT molecular complexity index is 1330. The number of ketones is 1. The van der Waals surface area contributed by atoms with Gasteiger partial charge in [0.1, 0.15) is 0 Å². The summed E-state index contributed by atoms with van der Waals surface area (Å²) < 4.78 is 7.77. The molecule has 0 saturated carbocycles. The maximum atomic E-state index is 12.9. The molecule has 4 heterocycles. The molecule has 1 aromatic heterocycles. The maximum absolute atomic E-state index is 12.9. The Morgan fingerprint density at radius 1 is 1.07 bits per heavy atom. The lowest BCUT2D eigenvalue weighted by atomic mass is 10.0. The number of anilines is 2. The highest BCUT2D eigenvalue weighted by molar-refractivity contribution is 5.97. The number of hydrogen-bond acceptors (Lipinski definition) is 8. The van der Waals surface area contributed by atoms with Crippen molar-refractivity contribution >= 4 is 29.2 Å². The molecule has 5 N–H and O–H groups in total. The molecular formula is C28H38N8O4. The number of aliphatic imine (C=N–C) groups is 1. The standard InChI is InChI=1S/C28H38N8O4/c29-27(30)31-11-4-12-34-15-9-20(10-16-34)36-18-24-26(33-28(36)39)32-21-17-19(7-8-23(21)40-24)22(37)5-1-2-13-35-14-3-6-25(35)38/h7-8,17-18,20H,1-6,9-16H2,(H4,29,30,31)(H,32,33,39). The van der Waals surface area contributed by atoms with Crippen LogP contribution in [0.15, 0.2) is 34.2 Å². The number of piperidine rings is 1. The van der Waals surface area contributed by atoms with Crippen molar-refractivity contribution in [3.8, 4) is 11.5 Å². The highest BCUT2D eigenvalue weighted by Gasteiger charge is 2.26. The van der Waals surface area contributed by atoms with Gasteiger partial charge >= 0.3 is 5.69 Å². The Hall–Kier alpha value is -3.93. The van der Waals surface area contributed by atoms with Crippen molar-refractivity contribution in [2.24, 2.45) is 16.5 Å². The number of rotatable bonds is 11. The largest absolute Gasteiger partial charge is 0.450 e. The molecule has 0 radical (unpaired) electrons. The van der Waals surface area contributed by atoms with E-state index in [2.05, 4.69) is 20.2 Å². The summed E-state index contributed by atoms with van der Waals surface area (Å²) in [6.45, 7) is 4.82. The monoisotopic (exact) mass is 550 g/mol. The van der Waals surface area contributed by atoms with Crippen molar-refractivity contribution in [3.05, 3.63) is 40.4 Å². The number of carbonyl (C=O) groups is 2. The van der Waals surface area contributed by atoms with Gasteiger partial charge in [-0.3, -0.25) is 19.1 Å². The normalized spacial score (nSPS) is 17.1.